The average Bonchev–Trinajstić information content (AvgIpc) is 2.74. The first kappa shape index (κ1) is 19.6. The second-order valence-electron chi connectivity index (χ2n) is 6.08. The standard InChI is InChI=1S/C14H20N2O8/c1-14(2,3)23-13(21)22-11(19)7-4-8(15)12(20)24-16-9(17)5-6-10(16)18/h8H,4-7,15H2,1-3H3/t8-/m0/s1. The number of nitrogens with zero attached hydrogens (tertiary/aromatic N) is 1. The summed E-state index contributed by atoms with van der Waals surface area (Å²) in [7, 11) is 0. The second kappa shape index (κ2) is 7.86. The Bertz CT molecular complexity index is 535. The molecule has 0 aliphatic carbocycles. The molecule has 0 unspecified atom stereocenters. The number of amides is 2. The molecule has 0 bridgehead atoms. The summed E-state index contributed by atoms with van der Waals surface area (Å²) in [6.07, 6.45) is -1.78. The van der Waals surface area contributed by atoms with Gasteiger partial charge in [-0.25, -0.2) is 9.59 Å². The molecule has 0 aromatic heterocycles. The molecule has 10 nitrogen and oxygen atoms in total. The number of imide groups is 1. The Morgan fingerprint density at radius 2 is 1.71 bits per heavy atom. The first-order valence-electron chi connectivity index (χ1n) is 7.26. The Hall–Kier alpha value is -2.49. The van der Waals surface area contributed by atoms with E-state index in [-0.39, 0.29) is 25.7 Å². The van der Waals surface area contributed by atoms with Gasteiger partial charge >= 0.3 is 18.1 Å². The Balaban J connectivity index is 2.36. The third-order valence-electron chi connectivity index (χ3n) is 2.74. The summed E-state index contributed by atoms with van der Waals surface area (Å²) in [4.78, 5) is 61.6. The summed E-state index contributed by atoms with van der Waals surface area (Å²) >= 11 is 0. The Morgan fingerprint density at radius 3 is 2.21 bits per heavy atom. The van der Waals surface area contributed by atoms with E-state index in [1.54, 1.807) is 20.8 Å². The van der Waals surface area contributed by atoms with Crippen LogP contribution in [0.2, 0.25) is 0 Å². The van der Waals surface area contributed by atoms with E-state index in [4.69, 9.17) is 10.5 Å². The normalized spacial score (nSPS) is 15.9. The van der Waals surface area contributed by atoms with Gasteiger partial charge in [0.2, 0.25) is 0 Å². The lowest BCUT2D eigenvalue weighted by atomic mass is 10.2. The molecule has 0 saturated carbocycles. The van der Waals surface area contributed by atoms with Crippen molar-refractivity contribution in [3.8, 4) is 0 Å². The van der Waals surface area contributed by atoms with Crippen molar-refractivity contribution in [2.24, 2.45) is 5.73 Å². The third kappa shape index (κ3) is 6.32. The van der Waals surface area contributed by atoms with Crippen LogP contribution in [-0.4, -0.2) is 46.6 Å². The minimum Gasteiger partial charge on any atom is -0.428 e. The van der Waals surface area contributed by atoms with Crippen LogP contribution in [0, 0.1) is 0 Å². The first-order valence-corrected chi connectivity index (χ1v) is 7.26. The molecule has 1 aliphatic rings. The van der Waals surface area contributed by atoms with Crippen molar-refractivity contribution < 1.29 is 38.3 Å². The Morgan fingerprint density at radius 1 is 1.17 bits per heavy atom. The summed E-state index contributed by atoms with van der Waals surface area (Å²) in [5.41, 5.74) is 4.71. The van der Waals surface area contributed by atoms with Crippen LogP contribution in [0.3, 0.4) is 0 Å². The van der Waals surface area contributed by atoms with Gasteiger partial charge in [-0.15, -0.1) is 5.06 Å². The van der Waals surface area contributed by atoms with Gasteiger partial charge in [0.25, 0.3) is 11.8 Å². The van der Waals surface area contributed by atoms with Crippen LogP contribution in [-0.2, 0) is 33.5 Å². The first-order chi connectivity index (χ1) is 11.0. The molecular formula is C14H20N2O8. The molecule has 1 fully saturated rings. The smallest absolute Gasteiger partial charge is 0.428 e. The van der Waals surface area contributed by atoms with Gasteiger partial charge in [-0.1, -0.05) is 0 Å². The monoisotopic (exact) mass is 344 g/mol. The second-order valence-corrected chi connectivity index (χ2v) is 6.08. The topological polar surface area (TPSA) is 142 Å². The van der Waals surface area contributed by atoms with Crippen molar-refractivity contribution in [1.82, 2.24) is 5.06 Å². The molecule has 2 amide bonds. The number of hydrogen-bond donors (Lipinski definition) is 1. The van der Waals surface area contributed by atoms with Crippen LogP contribution < -0.4 is 5.73 Å². The van der Waals surface area contributed by atoms with Gasteiger partial charge in [-0.3, -0.25) is 14.4 Å². The summed E-state index contributed by atoms with van der Waals surface area (Å²) in [5.74, 6) is -3.24. The maximum Gasteiger partial charge on any atom is 0.516 e. The summed E-state index contributed by atoms with van der Waals surface area (Å²) in [6, 6.07) is -1.27. The fourth-order valence-electron chi connectivity index (χ4n) is 1.62. The van der Waals surface area contributed by atoms with Gasteiger partial charge < -0.3 is 20.0 Å². The highest BCUT2D eigenvalue weighted by atomic mass is 16.7. The zero-order valence-corrected chi connectivity index (χ0v) is 13.7. The number of hydroxylamine groups is 2. The Labute approximate surface area is 138 Å². The van der Waals surface area contributed by atoms with Gasteiger partial charge in [-0.05, 0) is 27.2 Å². The largest absolute Gasteiger partial charge is 0.516 e. The van der Waals surface area contributed by atoms with Crippen molar-refractivity contribution in [3.05, 3.63) is 0 Å². The predicted octanol–water partition coefficient (Wildman–Crippen LogP) is 0.179. The molecule has 1 heterocycles. The zero-order chi connectivity index (χ0) is 18.5. The van der Waals surface area contributed by atoms with Crippen molar-refractivity contribution in [2.75, 3.05) is 0 Å². The summed E-state index contributed by atoms with van der Waals surface area (Å²) in [5, 5.41) is 0.362. The molecule has 2 N–H and O–H groups in total. The molecule has 1 saturated heterocycles. The molecule has 0 aromatic rings. The number of carbonyl (C=O) groups is 5. The predicted molar refractivity (Wildman–Crippen MR) is 76.7 cm³/mol. The van der Waals surface area contributed by atoms with Gasteiger partial charge in [-0.2, -0.15) is 0 Å². The molecular weight excluding hydrogens is 324 g/mol. The zero-order valence-electron chi connectivity index (χ0n) is 13.7. The van der Waals surface area contributed by atoms with Gasteiger partial charge in [0.1, 0.15) is 11.6 Å². The molecule has 10 heteroatoms. The number of nitrogens with two attached hydrogens (primary N) is 1. The van der Waals surface area contributed by atoms with Crippen LogP contribution in [0.15, 0.2) is 0 Å². The van der Waals surface area contributed by atoms with E-state index in [2.05, 4.69) is 9.57 Å². The van der Waals surface area contributed by atoms with Crippen molar-refractivity contribution >= 4 is 29.9 Å². The minimum absolute atomic E-state index is 0.0381. The Kier molecular flexibility index (Phi) is 6.41. The lowest BCUT2D eigenvalue weighted by Crippen LogP contribution is -2.40. The van der Waals surface area contributed by atoms with Crippen LogP contribution in [0.5, 0.6) is 0 Å². The highest BCUT2D eigenvalue weighted by molar-refractivity contribution is 6.01. The third-order valence-corrected chi connectivity index (χ3v) is 2.74. The van der Waals surface area contributed by atoms with Crippen molar-refractivity contribution in [1.29, 1.82) is 0 Å². The van der Waals surface area contributed by atoms with Crippen LogP contribution in [0.25, 0.3) is 0 Å². The van der Waals surface area contributed by atoms with Gasteiger partial charge in [0.05, 0.1) is 0 Å². The lowest BCUT2D eigenvalue weighted by molar-refractivity contribution is -0.198. The summed E-state index contributed by atoms with van der Waals surface area (Å²) < 4.78 is 9.19. The fraction of sp³-hybridized carbons (Fsp3) is 0.643. The minimum atomic E-state index is -1.27. The van der Waals surface area contributed by atoms with E-state index < -0.39 is 41.6 Å². The molecule has 24 heavy (non-hydrogen) atoms. The lowest BCUT2D eigenvalue weighted by Gasteiger charge is -2.18. The van der Waals surface area contributed by atoms with Crippen LogP contribution in [0.1, 0.15) is 46.5 Å². The molecule has 0 spiro atoms. The molecule has 1 rings (SSSR count). The highest BCUT2D eigenvalue weighted by Crippen LogP contribution is 2.13. The van der Waals surface area contributed by atoms with E-state index in [1.807, 2.05) is 0 Å². The van der Waals surface area contributed by atoms with Crippen LogP contribution >= 0.6 is 0 Å². The molecule has 0 aromatic carbocycles. The number of rotatable bonds is 5. The van der Waals surface area contributed by atoms with Crippen molar-refractivity contribution in [2.45, 2.75) is 58.1 Å². The number of carbonyl (C=O) groups excluding carboxylic acids is 5. The average molecular weight is 344 g/mol. The molecule has 0 radical (unpaired) electrons. The number of ether oxygens (including phenoxy) is 2. The fourth-order valence-corrected chi connectivity index (χ4v) is 1.62. The SMILES string of the molecule is CC(C)(C)OC(=O)OC(=O)CC[C@H](N)C(=O)ON1C(=O)CCC1=O. The maximum absolute atomic E-state index is 11.7. The van der Waals surface area contributed by atoms with Crippen LogP contribution in [0.4, 0.5) is 4.79 Å². The van der Waals surface area contributed by atoms with Gasteiger partial charge in [0, 0.05) is 19.3 Å². The van der Waals surface area contributed by atoms with Gasteiger partial charge in [0.15, 0.2) is 0 Å². The van der Waals surface area contributed by atoms with E-state index in [1.165, 1.54) is 0 Å². The van der Waals surface area contributed by atoms with Crippen molar-refractivity contribution in [3.63, 3.8) is 0 Å². The van der Waals surface area contributed by atoms with E-state index in [0.717, 1.165) is 0 Å². The van der Waals surface area contributed by atoms with E-state index in [9.17, 15) is 24.0 Å². The molecule has 1 aliphatic heterocycles. The molecule has 1 atom stereocenters. The number of esters is 1. The summed E-state index contributed by atoms with van der Waals surface area (Å²) in [6.45, 7) is 4.81. The quantitative estimate of drug-likeness (QED) is 0.419. The van der Waals surface area contributed by atoms with E-state index >= 15 is 0 Å². The molecule has 134 valence electrons. The highest BCUT2D eigenvalue weighted by Gasteiger charge is 2.34. The maximum atomic E-state index is 11.7. The van der Waals surface area contributed by atoms with E-state index in [0.29, 0.717) is 5.06 Å². The number of hydrogen-bond acceptors (Lipinski definition) is 9.